The summed E-state index contributed by atoms with van der Waals surface area (Å²) < 4.78 is 4.47. The van der Waals surface area contributed by atoms with E-state index < -0.39 is 0 Å². The van der Waals surface area contributed by atoms with Crippen molar-refractivity contribution in [3.05, 3.63) is 230 Å². The smallest absolute Gasteiger partial charge is 0.104 e. The number of aromatic nitrogens is 4. The molecule has 66 heavy (non-hydrogen) atoms. The predicted octanol–water partition coefficient (Wildman–Crippen LogP) is 14.7. The van der Waals surface area contributed by atoms with Gasteiger partial charge in [-0.05, 0) is 82.9 Å². The van der Waals surface area contributed by atoms with Crippen LogP contribution in [0.2, 0.25) is 0 Å². The largest absolute Gasteiger partial charge is 0.308 e. The number of para-hydroxylation sites is 2. The molecule has 12 aromatic rings. The van der Waals surface area contributed by atoms with Crippen LogP contribution in [0.15, 0.2) is 219 Å². The van der Waals surface area contributed by atoms with Crippen LogP contribution in [0, 0.1) is 22.7 Å². The maximum absolute atomic E-state index is 11.6. The molecule has 0 aliphatic rings. The van der Waals surface area contributed by atoms with Crippen LogP contribution in [0.4, 0.5) is 0 Å². The van der Waals surface area contributed by atoms with Crippen molar-refractivity contribution in [1.82, 2.24) is 19.1 Å². The first kappa shape index (κ1) is 38.3. The molecule has 6 heteroatoms. The van der Waals surface area contributed by atoms with Gasteiger partial charge in [-0.2, -0.15) is 10.5 Å². The van der Waals surface area contributed by atoms with Gasteiger partial charge in [0, 0.05) is 56.2 Å². The number of fused-ring (bicyclic) bond motifs is 6. The number of hydrogen-bond donors (Lipinski definition) is 0. The zero-order valence-corrected chi connectivity index (χ0v) is 35.5. The lowest BCUT2D eigenvalue weighted by molar-refractivity contribution is 1.12. The Morgan fingerprint density at radius 2 is 0.758 bits per heavy atom. The second-order valence-corrected chi connectivity index (χ2v) is 16.5. The van der Waals surface area contributed by atoms with E-state index in [1.165, 1.54) is 0 Å². The van der Waals surface area contributed by atoms with Gasteiger partial charge in [0.15, 0.2) is 0 Å². The molecule has 0 spiro atoms. The van der Waals surface area contributed by atoms with Crippen LogP contribution in [0.3, 0.4) is 0 Å². The van der Waals surface area contributed by atoms with Crippen LogP contribution >= 0.6 is 0 Å². The first-order valence-corrected chi connectivity index (χ1v) is 21.8. The van der Waals surface area contributed by atoms with Crippen molar-refractivity contribution in [2.75, 3.05) is 0 Å². The van der Waals surface area contributed by atoms with Crippen molar-refractivity contribution in [3.8, 4) is 79.4 Å². The molecule has 0 aliphatic heterocycles. The average Bonchev–Trinajstić information content (AvgIpc) is 3.91. The second kappa shape index (κ2) is 15.8. The minimum absolute atomic E-state index is 0.513. The van der Waals surface area contributed by atoms with Gasteiger partial charge in [0.1, 0.15) is 11.6 Å². The summed E-state index contributed by atoms with van der Waals surface area (Å²) >= 11 is 0. The highest BCUT2D eigenvalue weighted by atomic mass is 15.0. The molecule has 306 valence electrons. The molecule has 0 unspecified atom stereocenters. The maximum Gasteiger partial charge on any atom is 0.104 e. The second-order valence-electron chi connectivity index (χ2n) is 16.5. The third-order valence-electron chi connectivity index (χ3n) is 12.7. The van der Waals surface area contributed by atoms with Crippen LogP contribution in [0.1, 0.15) is 11.1 Å². The standard InChI is InChI=1S/C60H36N6/c61-35-39-12-11-17-42(30-39)47-33-59(65-55-20-9-7-18-48(55)50-26-22-43(31-57(50)65)45-24-28-53(63-37-45)40-13-3-1-4-14-40)52(36-62)60(34-47)66-56-21-10-8-19-49(56)51-27-23-44(32-58(51)66)46-25-29-54(64-38-46)41-15-5-2-6-16-41/h1-34,37-38H. The number of pyridine rings is 2. The van der Waals surface area contributed by atoms with Crippen molar-refractivity contribution < 1.29 is 0 Å². The van der Waals surface area contributed by atoms with Gasteiger partial charge in [0.2, 0.25) is 0 Å². The molecule has 0 saturated heterocycles. The molecule has 8 aromatic carbocycles. The molecular formula is C60H36N6. The Morgan fingerprint density at radius 1 is 0.318 bits per heavy atom. The van der Waals surface area contributed by atoms with E-state index in [4.69, 9.17) is 9.97 Å². The van der Waals surface area contributed by atoms with Crippen LogP contribution in [0.25, 0.3) is 111 Å². The molecule has 0 aliphatic carbocycles. The van der Waals surface area contributed by atoms with Gasteiger partial charge in [-0.25, -0.2) is 0 Å². The van der Waals surface area contributed by atoms with E-state index in [1.807, 2.05) is 85.2 Å². The molecule has 6 nitrogen and oxygen atoms in total. The zero-order chi connectivity index (χ0) is 44.1. The Balaban J connectivity index is 1.11. The van der Waals surface area contributed by atoms with Gasteiger partial charge in [0.25, 0.3) is 0 Å². The van der Waals surface area contributed by atoms with Crippen molar-refractivity contribution >= 4 is 43.6 Å². The molecule has 0 amide bonds. The monoisotopic (exact) mass is 840 g/mol. The van der Waals surface area contributed by atoms with Crippen molar-refractivity contribution in [2.24, 2.45) is 0 Å². The molecule has 4 aromatic heterocycles. The normalized spacial score (nSPS) is 11.3. The highest BCUT2D eigenvalue weighted by molar-refractivity contribution is 6.12. The molecular weight excluding hydrogens is 805 g/mol. The highest BCUT2D eigenvalue weighted by Crippen LogP contribution is 2.42. The van der Waals surface area contributed by atoms with E-state index in [1.54, 1.807) is 0 Å². The van der Waals surface area contributed by atoms with Gasteiger partial charge >= 0.3 is 0 Å². The lowest BCUT2D eigenvalue weighted by Gasteiger charge is -2.19. The summed E-state index contributed by atoms with van der Waals surface area (Å²) in [5.41, 5.74) is 16.1. The summed E-state index contributed by atoms with van der Waals surface area (Å²) in [5.74, 6) is 0. The number of rotatable bonds is 7. The van der Waals surface area contributed by atoms with Crippen molar-refractivity contribution in [1.29, 1.82) is 10.5 Å². The molecule has 0 N–H and O–H groups in total. The predicted molar refractivity (Wildman–Crippen MR) is 267 cm³/mol. The molecule has 0 fully saturated rings. The lowest BCUT2D eigenvalue weighted by Crippen LogP contribution is -2.05. The third-order valence-corrected chi connectivity index (χ3v) is 12.7. The van der Waals surface area contributed by atoms with Crippen molar-refractivity contribution in [2.45, 2.75) is 0 Å². The summed E-state index contributed by atoms with van der Waals surface area (Å²) in [6.07, 6.45) is 3.87. The van der Waals surface area contributed by atoms with Gasteiger partial charge < -0.3 is 9.13 Å². The van der Waals surface area contributed by atoms with E-state index in [-0.39, 0.29) is 0 Å². The summed E-state index contributed by atoms with van der Waals surface area (Å²) in [4.78, 5) is 9.74. The molecule has 4 heterocycles. The van der Waals surface area contributed by atoms with Gasteiger partial charge in [-0.3, -0.25) is 9.97 Å². The Hall–Kier alpha value is -9.36. The highest BCUT2D eigenvalue weighted by Gasteiger charge is 2.23. The Morgan fingerprint density at radius 3 is 1.23 bits per heavy atom. The SMILES string of the molecule is N#Cc1cccc(-c2cc(-n3c4ccccc4c4ccc(-c5ccc(-c6ccccc6)nc5)cc43)c(C#N)c(-n3c4ccccc4c4ccc(-c5ccc(-c6ccccc6)nc5)cc43)c2)c1. The number of hydrogen-bond acceptors (Lipinski definition) is 4. The average molecular weight is 841 g/mol. The topological polar surface area (TPSA) is 83.2 Å². The number of nitriles is 2. The van der Waals surface area contributed by atoms with E-state index >= 15 is 0 Å². The zero-order valence-electron chi connectivity index (χ0n) is 35.5. The minimum atomic E-state index is 0.513. The summed E-state index contributed by atoms with van der Waals surface area (Å²) in [6.45, 7) is 0. The van der Waals surface area contributed by atoms with Crippen LogP contribution in [0.5, 0.6) is 0 Å². The van der Waals surface area contributed by atoms with Gasteiger partial charge in [0.05, 0.1) is 56.5 Å². The molecule has 0 saturated carbocycles. The van der Waals surface area contributed by atoms with Crippen LogP contribution < -0.4 is 0 Å². The summed E-state index contributed by atoms with van der Waals surface area (Å²) in [5, 5.41) is 25.9. The fraction of sp³-hybridized carbons (Fsp3) is 0. The molecule has 0 radical (unpaired) electrons. The van der Waals surface area contributed by atoms with Gasteiger partial charge in [-0.15, -0.1) is 0 Å². The molecule has 0 bridgehead atoms. The first-order valence-electron chi connectivity index (χ1n) is 21.8. The molecule has 12 rings (SSSR count). The Bertz CT molecular complexity index is 3700. The number of benzene rings is 8. The lowest BCUT2D eigenvalue weighted by atomic mass is 9.98. The van der Waals surface area contributed by atoms with E-state index in [2.05, 4.69) is 155 Å². The Kier molecular flexibility index (Phi) is 9.16. The quantitative estimate of drug-likeness (QED) is 0.160. The van der Waals surface area contributed by atoms with E-state index in [0.717, 1.165) is 111 Å². The Labute approximate surface area is 380 Å². The van der Waals surface area contributed by atoms with Crippen LogP contribution in [-0.4, -0.2) is 19.1 Å². The van der Waals surface area contributed by atoms with Gasteiger partial charge in [-0.1, -0.05) is 146 Å². The summed E-state index contributed by atoms with van der Waals surface area (Å²) in [7, 11) is 0. The fourth-order valence-corrected chi connectivity index (χ4v) is 9.52. The minimum Gasteiger partial charge on any atom is -0.308 e. The summed E-state index contributed by atoms with van der Waals surface area (Å²) in [6, 6.07) is 75.6. The maximum atomic E-state index is 11.6. The van der Waals surface area contributed by atoms with E-state index in [9.17, 15) is 10.5 Å². The third kappa shape index (κ3) is 6.41. The van der Waals surface area contributed by atoms with Crippen LogP contribution in [-0.2, 0) is 0 Å². The number of nitrogens with zero attached hydrogens (tertiary/aromatic N) is 6. The van der Waals surface area contributed by atoms with E-state index in [0.29, 0.717) is 11.1 Å². The first-order chi connectivity index (χ1) is 32.6. The van der Waals surface area contributed by atoms with Crippen molar-refractivity contribution in [3.63, 3.8) is 0 Å². The fourth-order valence-electron chi connectivity index (χ4n) is 9.52. The molecule has 0 atom stereocenters.